The molecule has 0 bridgehead atoms. The molecule has 2 N–H and O–H groups in total. The SMILES string of the molecule is CC(=O)CC(C)c1cccnc1N. The average Bonchev–Trinajstić information content (AvgIpc) is 2.03. The van der Waals surface area contributed by atoms with E-state index in [9.17, 15) is 4.79 Å². The molecule has 0 aliphatic heterocycles. The fourth-order valence-corrected chi connectivity index (χ4v) is 1.39. The fourth-order valence-electron chi connectivity index (χ4n) is 1.39. The van der Waals surface area contributed by atoms with Crippen LogP contribution in [-0.2, 0) is 4.79 Å². The summed E-state index contributed by atoms with van der Waals surface area (Å²) in [5, 5.41) is 0. The first kappa shape index (κ1) is 9.71. The second-order valence-electron chi connectivity index (χ2n) is 3.29. The van der Waals surface area contributed by atoms with Gasteiger partial charge in [0.25, 0.3) is 0 Å². The number of nitrogen functional groups attached to an aromatic ring is 1. The molecule has 3 nitrogen and oxygen atoms in total. The summed E-state index contributed by atoms with van der Waals surface area (Å²) in [5.74, 6) is 0.859. The summed E-state index contributed by atoms with van der Waals surface area (Å²) in [7, 11) is 0. The fraction of sp³-hybridized carbons (Fsp3) is 0.400. The number of carbonyl (C=O) groups is 1. The van der Waals surface area contributed by atoms with Gasteiger partial charge in [0.1, 0.15) is 11.6 Å². The molecule has 1 rings (SSSR count). The number of aromatic nitrogens is 1. The van der Waals surface area contributed by atoms with E-state index in [1.807, 2.05) is 19.1 Å². The Balaban J connectivity index is 2.82. The Morgan fingerprint density at radius 3 is 2.92 bits per heavy atom. The van der Waals surface area contributed by atoms with Gasteiger partial charge in [0.2, 0.25) is 0 Å². The van der Waals surface area contributed by atoms with Gasteiger partial charge in [0, 0.05) is 12.6 Å². The Bertz CT molecular complexity index is 310. The number of ketones is 1. The third-order valence-corrected chi connectivity index (χ3v) is 2.00. The highest BCUT2D eigenvalue weighted by Crippen LogP contribution is 2.22. The van der Waals surface area contributed by atoms with Crippen molar-refractivity contribution in [3.05, 3.63) is 23.9 Å². The molecule has 0 fully saturated rings. The highest BCUT2D eigenvalue weighted by atomic mass is 16.1. The monoisotopic (exact) mass is 178 g/mol. The standard InChI is InChI=1S/C10H14N2O/c1-7(6-8(2)13)9-4-3-5-12-10(9)11/h3-5,7H,6H2,1-2H3,(H2,11,12). The van der Waals surface area contributed by atoms with Crippen molar-refractivity contribution < 1.29 is 4.79 Å². The van der Waals surface area contributed by atoms with Crippen LogP contribution in [0.1, 0.15) is 31.7 Å². The lowest BCUT2D eigenvalue weighted by molar-refractivity contribution is -0.117. The van der Waals surface area contributed by atoms with Gasteiger partial charge in [-0.05, 0) is 24.5 Å². The van der Waals surface area contributed by atoms with Crippen LogP contribution < -0.4 is 5.73 Å². The molecule has 1 heterocycles. The zero-order chi connectivity index (χ0) is 9.84. The molecule has 1 atom stereocenters. The number of hydrogen-bond donors (Lipinski definition) is 1. The molecule has 0 aliphatic carbocycles. The summed E-state index contributed by atoms with van der Waals surface area (Å²) in [6.45, 7) is 3.57. The third-order valence-electron chi connectivity index (χ3n) is 2.00. The molecule has 0 radical (unpaired) electrons. The first-order valence-corrected chi connectivity index (χ1v) is 4.31. The Labute approximate surface area is 78.0 Å². The number of hydrogen-bond acceptors (Lipinski definition) is 3. The minimum Gasteiger partial charge on any atom is -0.383 e. The van der Waals surface area contributed by atoms with E-state index in [1.54, 1.807) is 13.1 Å². The van der Waals surface area contributed by atoms with Gasteiger partial charge in [0.05, 0.1) is 0 Å². The highest BCUT2D eigenvalue weighted by molar-refractivity contribution is 5.76. The molecule has 0 saturated carbocycles. The molecule has 0 aromatic carbocycles. The van der Waals surface area contributed by atoms with Crippen LogP contribution in [0.25, 0.3) is 0 Å². The van der Waals surface area contributed by atoms with Crippen molar-refractivity contribution in [2.75, 3.05) is 5.73 Å². The van der Waals surface area contributed by atoms with E-state index in [-0.39, 0.29) is 11.7 Å². The van der Waals surface area contributed by atoms with Crippen molar-refractivity contribution in [3.8, 4) is 0 Å². The molecule has 1 aromatic rings. The van der Waals surface area contributed by atoms with Crippen molar-refractivity contribution in [2.24, 2.45) is 0 Å². The van der Waals surface area contributed by atoms with Crippen LogP contribution >= 0.6 is 0 Å². The van der Waals surface area contributed by atoms with Crippen molar-refractivity contribution in [3.63, 3.8) is 0 Å². The van der Waals surface area contributed by atoms with Crippen LogP contribution in [0.5, 0.6) is 0 Å². The number of pyridine rings is 1. The van der Waals surface area contributed by atoms with Crippen molar-refractivity contribution in [2.45, 2.75) is 26.2 Å². The zero-order valence-corrected chi connectivity index (χ0v) is 7.95. The molecular weight excluding hydrogens is 164 g/mol. The molecule has 13 heavy (non-hydrogen) atoms. The molecule has 1 aromatic heterocycles. The van der Waals surface area contributed by atoms with Crippen LogP contribution in [0.15, 0.2) is 18.3 Å². The van der Waals surface area contributed by atoms with Gasteiger partial charge < -0.3 is 10.5 Å². The number of Topliss-reactive ketones (excluding diaryl/α,β-unsaturated/α-hetero) is 1. The van der Waals surface area contributed by atoms with Gasteiger partial charge in [-0.1, -0.05) is 13.0 Å². The minimum absolute atomic E-state index is 0.159. The third kappa shape index (κ3) is 2.54. The van der Waals surface area contributed by atoms with E-state index < -0.39 is 0 Å². The lowest BCUT2D eigenvalue weighted by Gasteiger charge is -2.10. The van der Waals surface area contributed by atoms with Crippen molar-refractivity contribution in [1.82, 2.24) is 4.98 Å². The van der Waals surface area contributed by atoms with Crippen LogP contribution in [0, 0.1) is 0 Å². The van der Waals surface area contributed by atoms with Gasteiger partial charge in [-0.2, -0.15) is 0 Å². The molecule has 0 saturated heterocycles. The molecule has 3 heteroatoms. The summed E-state index contributed by atoms with van der Waals surface area (Å²) >= 11 is 0. The summed E-state index contributed by atoms with van der Waals surface area (Å²) in [5.41, 5.74) is 6.63. The highest BCUT2D eigenvalue weighted by Gasteiger charge is 2.10. The average molecular weight is 178 g/mol. The van der Waals surface area contributed by atoms with Gasteiger partial charge in [0.15, 0.2) is 0 Å². The number of nitrogens with two attached hydrogens (primary N) is 1. The Morgan fingerprint density at radius 1 is 1.69 bits per heavy atom. The van der Waals surface area contributed by atoms with E-state index in [0.29, 0.717) is 12.2 Å². The van der Waals surface area contributed by atoms with Gasteiger partial charge >= 0.3 is 0 Å². The van der Waals surface area contributed by atoms with Crippen LogP contribution in [0.2, 0.25) is 0 Å². The first-order chi connectivity index (χ1) is 6.11. The Morgan fingerprint density at radius 2 is 2.38 bits per heavy atom. The summed E-state index contributed by atoms with van der Waals surface area (Å²) < 4.78 is 0. The lowest BCUT2D eigenvalue weighted by Crippen LogP contribution is -2.04. The number of carbonyl (C=O) groups excluding carboxylic acids is 1. The van der Waals surface area contributed by atoms with Crippen molar-refractivity contribution in [1.29, 1.82) is 0 Å². The van der Waals surface area contributed by atoms with E-state index in [2.05, 4.69) is 4.98 Å². The maximum atomic E-state index is 10.9. The second-order valence-corrected chi connectivity index (χ2v) is 3.29. The van der Waals surface area contributed by atoms with E-state index in [1.165, 1.54) is 0 Å². The number of nitrogens with zero attached hydrogens (tertiary/aromatic N) is 1. The van der Waals surface area contributed by atoms with Crippen molar-refractivity contribution >= 4 is 11.6 Å². The molecule has 0 aliphatic rings. The largest absolute Gasteiger partial charge is 0.383 e. The first-order valence-electron chi connectivity index (χ1n) is 4.31. The van der Waals surface area contributed by atoms with Crippen LogP contribution in [-0.4, -0.2) is 10.8 Å². The number of rotatable bonds is 3. The van der Waals surface area contributed by atoms with Crippen LogP contribution in [0.4, 0.5) is 5.82 Å². The second kappa shape index (κ2) is 4.03. The quantitative estimate of drug-likeness (QED) is 0.767. The Kier molecular flexibility index (Phi) is 3.01. The topological polar surface area (TPSA) is 56.0 Å². The normalized spacial score (nSPS) is 12.5. The summed E-state index contributed by atoms with van der Waals surface area (Å²) in [4.78, 5) is 14.9. The zero-order valence-electron chi connectivity index (χ0n) is 7.95. The minimum atomic E-state index is 0.159. The molecule has 70 valence electrons. The van der Waals surface area contributed by atoms with Gasteiger partial charge in [-0.15, -0.1) is 0 Å². The number of anilines is 1. The van der Waals surface area contributed by atoms with E-state index >= 15 is 0 Å². The van der Waals surface area contributed by atoms with Crippen LogP contribution in [0.3, 0.4) is 0 Å². The van der Waals surface area contributed by atoms with E-state index in [4.69, 9.17) is 5.73 Å². The predicted octanol–water partition coefficient (Wildman–Crippen LogP) is 1.75. The van der Waals surface area contributed by atoms with Gasteiger partial charge in [-0.25, -0.2) is 4.98 Å². The maximum absolute atomic E-state index is 10.9. The maximum Gasteiger partial charge on any atom is 0.130 e. The molecule has 1 unspecified atom stereocenters. The summed E-state index contributed by atoms with van der Waals surface area (Å²) in [6, 6.07) is 3.75. The molecule has 0 amide bonds. The summed E-state index contributed by atoms with van der Waals surface area (Å²) in [6.07, 6.45) is 2.18. The molecule has 0 spiro atoms. The smallest absolute Gasteiger partial charge is 0.130 e. The Hall–Kier alpha value is -1.38. The van der Waals surface area contributed by atoms with Gasteiger partial charge in [-0.3, -0.25) is 0 Å². The molecular formula is C10H14N2O. The predicted molar refractivity (Wildman–Crippen MR) is 52.4 cm³/mol. The lowest BCUT2D eigenvalue weighted by atomic mass is 9.97. The van der Waals surface area contributed by atoms with E-state index in [0.717, 1.165) is 5.56 Å².